The van der Waals surface area contributed by atoms with Gasteiger partial charge in [-0.05, 0) is 18.2 Å². The molecule has 0 saturated carbocycles. The number of nitrogens with one attached hydrogen (secondary N) is 1. The van der Waals surface area contributed by atoms with Crippen LogP contribution in [-0.4, -0.2) is 12.1 Å². The molecule has 2 heterocycles. The summed E-state index contributed by atoms with van der Waals surface area (Å²) in [5.41, 5.74) is 4.75. The highest BCUT2D eigenvalue weighted by Crippen LogP contribution is 2.33. The molecule has 5 aromatic rings. The second-order valence-corrected chi connectivity index (χ2v) is 6.53. The number of methoxy groups -OCH3 is 1. The number of hydrogen-bond donors (Lipinski definition) is 1. The maximum absolute atomic E-state index is 6.10. The van der Waals surface area contributed by atoms with Crippen LogP contribution in [0.1, 0.15) is 5.56 Å². The summed E-state index contributed by atoms with van der Waals surface area (Å²) >= 11 is 0. The maximum atomic E-state index is 6.10. The summed E-state index contributed by atoms with van der Waals surface area (Å²) in [6, 6.07) is 20.3. The van der Waals surface area contributed by atoms with Crippen molar-refractivity contribution in [2.24, 2.45) is 0 Å². The second kappa shape index (κ2) is 6.78. The topological polar surface area (TPSA) is 60.4 Å². The molecule has 0 fully saturated rings. The molecule has 0 atom stereocenters. The summed E-state index contributed by atoms with van der Waals surface area (Å²) in [5.74, 6) is 1.40. The third-order valence-corrected chi connectivity index (χ3v) is 4.87. The Balaban J connectivity index is 1.45. The zero-order valence-electron chi connectivity index (χ0n) is 15.3. The molecule has 5 rings (SSSR count). The first-order valence-corrected chi connectivity index (χ1v) is 9.03. The van der Waals surface area contributed by atoms with Gasteiger partial charge in [0.15, 0.2) is 12.2 Å². The van der Waals surface area contributed by atoms with Crippen molar-refractivity contribution in [2.75, 3.05) is 12.4 Å². The first-order valence-electron chi connectivity index (χ1n) is 9.03. The fourth-order valence-electron chi connectivity index (χ4n) is 3.50. The van der Waals surface area contributed by atoms with Gasteiger partial charge in [0, 0.05) is 34.6 Å². The number of para-hydroxylation sites is 2. The van der Waals surface area contributed by atoms with E-state index in [1.165, 1.54) is 6.39 Å². The summed E-state index contributed by atoms with van der Waals surface area (Å²) < 4.78 is 17.0. The lowest BCUT2D eigenvalue weighted by Gasteiger charge is -2.11. The fraction of sp³-hybridized carbons (Fsp3) is 0.0870. The van der Waals surface area contributed by atoms with Crippen LogP contribution in [0.5, 0.6) is 5.75 Å². The summed E-state index contributed by atoms with van der Waals surface area (Å²) in [5, 5.41) is 5.73. The van der Waals surface area contributed by atoms with Crippen LogP contribution in [0.15, 0.2) is 82.1 Å². The van der Waals surface area contributed by atoms with Crippen LogP contribution in [0.2, 0.25) is 0 Å². The van der Waals surface area contributed by atoms with Gasteiger partial charge in [0.25, 0.3) is 0 Å². The molecule has 0 saturated heterocycles. The molecule has 1 N–H and O–H groups in total. The van der Waals surface area contributed by atoms with Gasteiger partial charge in [0.05, 0.1) is 18.9 Å². The normalized spacial score (nSPS) is 11.2. The third-order valence-electron chi connectivity index (χ3n) is 4.87. The lowest BCUT2D eigenvalue weighted by Crippen LogP contribution is -2.00. The van der Waals surface area contributed by atoms with Gasteiger partial charge >= 0.3 is 0 Å². The highest BCUT2D eigenvalue weighted by atomic mass is 16.5. The average Bonchev–Trinajstić information content (AvgIpc) is 3.40. The number of oxazole rings is 1. The van der Waals surface area contributed by atoms with Crippen molar-refractivity contribution < 1.29 is 13.6 Å². The van der Waals surface area contributed by atoms with Gasteiger partial charge in [0.1, 0.15) is 16.9 Å². The van der Waals surface area contributed by atoms with Crippen molar-refractivity contribution in [3.63, 3.8) is 0 Å². The quantitative estimate of drug-likeness (QED) is 0.420. The van der Waals surface area contributed by atoms with Gasteiger partial charge in [-0.1, -0.05) is 36.4 Å². The smallest absolute Gasteiger partial charge is 0.181 e. The largest absolute Gasteiger partial charge is 0.496 e. The van der Waals surface area contributed by atoms with E-state index in [0.29, 0.717) is 12.3 Å². The molecule has 3 aromatic carbocycles. The monoisotopic (exact) mass is 370 g/mol. The molecular formula is C23H18N2O3. The Bertz CT molecular complexity index is 1260. The Morgan fingerprint density at radius 2 is 1.89 bits per heavy atom. The number of nitrogens with zero attached hydrogens (tertiary/aromatic N) is 1. The molecule has 0 bridgehead atoms. The van der Waals surface area contributed by atoms with Gasteiger partial charge in [0.2, 0.25) is 0 Å². The number of anilines is 1. The lowest BCUT2D eigenvalue weighted by atomic mass is 10.1. The second-order valence-electron chi connectivity index (χ2n) is 6.53. The molecule has 0 aliphatic carbocycles. The number of benzene rings is 3. The zero-order chi connectivity index (χ0) is 18.9. The maximum Gasteiger partial charge on any atom is 0.181 e. The first kappa shape index (κ1) is 16.4. The molecule has 0 aliphatic rings. The predicted molar refractivity (Wildman–Crippen MR) is 110 cm³/mol. The van der Waals surface area contributed by atoms with E-state index in [1.54, 1.807) is 13.3 Å². The number of fused-ring (bicyclic) bond motifs is 3. The molecule has 0 spiro atoms. The summed E-state index contributed by atoms with van der Waals surface area (Å²) in [4.78, 5) is 3.97. The van der Waals surface area contributed by atoms with Crippen molar-refractivity contribution in [2.45, 2.75) is 6.54 Å². The van der Waals surface area contributed by atoms with Gasteiger partial charge in [-0.2, -0.15) is 0 Å². The van der Waals surface area contributed by atoms with Gasteiger partial charge in [-0.15, -0.1) is 0 Å². The van der Waals surface area contributed by atoms with Gasteiger partial charge in [-0.3, -0.25) is 0 Å². The predicted octanol–water partition coefficient (Wildman–Crippen LogP) is 5.86. The minimum atomic E-state index is 0.641. The van der Waals surface area contributed by atoms with Crippen LogP contribution in [0.25, 0.3) is 33.3 Å². The SMILES string of the molecule is COc1cc(NCc2cccc3c2oc2ccccc23)ccc1-c1cnco1. The van der Waals surface area contributed by atoms with Gasteiger partial charge in [-0.25, -0.2) is 4.98 Å². The Morgan fingerprint density at radius 3 is 2.75 bits per heavy atom. The van der Waals surface area contributed by atoms with E-state index >= 15 is 0 Å². The third kappa shape index (κ3) is 2.77. The van der Waals surface area contributed by atoms with Crippen LogP contribution in [-0.2, 0) is 6.54 Å². The van der Waals surface area contributed by atoms with E-state index in [0.717, 1.165) is 44.5 Å². The summed E-state index contributed by atoms with van der Waals surface area (Å²) in [6.07, 6.45) is 3.09. The van der Waals surface area contributed by atoms with Crippen molar-refractivity contribution in [1.82, 2.24) is 4.98 Å². The summed E-state index contributed by atoms with van der Waals surface area (Å²) in [7, 11) is 1.65. The first-order chi connectivity index (χ1) is 13.8. The van der Waals surface area contributed by atoms with E-state index in [2.05, 4.69) is 34.6 Å². The molecule has 5 nitrogen and oxygen atoms in total. The highest BCUT2D eigenvalue weighted by Gasteiger charge is 2.12. The van der Waals surface area contributed by atoms with Crippen molar-refractivity contribution in [1.29, 1.82) is 0 Å². The minimum absolute atomic E-state index is 0.641. The van der Waals surface area contributed by atoms with Crippen molar-refractivity contribution in [3.05, 3.63) is 78.8 Å². The number of furan rings is 1. The van der Waals surface area contributed by atoms with Crippen LogP contribution < -0.4 is 10.1 Å². The van der Waals surface area contributed by atoms with Crippen LogP contribution in [0.3, 0.4) is 0 Å². The summed E-state index contributed by atoms with van der Waals surface area (Å²) in [6.45, 7) is 0.641. The molecule has 0 amide bonds. The van der Waals surface area contributed by atoms with Gasteiger partial charge < -0.3 is 18.9 Å². The average molecular weight is 370 g/mol. The van der Waals surface area contributed by atoms with E-state index in [1.807, 2.05) is 36.4 Å². The van der Waals surface area contributed by atoms with E-state index < -0.39 is 0 Å². The van der Waals surface area contributed by atoms with Crippen molar-refractivity contribution >= 4 is 27.6 Å². The van der Waals surface area contributed by atoms with Crippen LogP contribution >= 0.6 is 0 Å². The molecule has 5 heteroatoms. The Morgan fingerprint density at radius 1 is 1.00 bits per heavy atom. The lowest BCUT2D eigenvalue weighted by molar-refractivity contribution is 0.415. The fourth-order valence-corrected chi connectivity index (χ4v) is 3.50. The van der Waals surface area contributed by atoms with E-state index in [9.17, 15) is 0 Å². The molecular weight excluding hydrogens is 352 g/mol. The Kier molecular flexibility index (Phi) is 3.98. The molecule has 0 unspecified atom stereocenters. The van der Waals surface area contributed by atoms with E-state index in [4.69, 9.17) is 13.6 Å². The number of ether oxygens (including phenoxy) is 1. The number of hydrogen-bond acceptors (Lipinski definition) is 5. The van der Waals surface area contributed by atoms with Crippen LogP contribution in [0.4, 0.5) is 5.69 Å². The molecule has 0 aliphatic heterocycles. The van der Waals surface area contributed by atoms with Crippen LogP contribution in [0, 0.1) is 0 Å². The number of rotatable bonds is 5. The number of aromatic nitrogens is 1. The Hall–Kier alpha value is -3.73. The molecule has 0 radical (unpaired) electrons. The Labute approximate surface area is 161 Å². The molecule has 28 heavy (non-hydrogen) atoms. The standard InChI is InChI=1S/C23H18N2O3/c1-26-21-11-16(9-10-19(21)22-13-24-14-27-22)25-12-15-5-4-7-18-17-6-2-3-8-20(17)28-23(15)18/h2-11,13-14,25H,12H2,1H3. The van der Waals surface area contributed by atoms with Crippen molar-refractivity contribution in [3.8, 4) is 17.1 Å². The molecule has 138 valence electrons. The molecule has 2 aromatic heterocycles. The highest BCUT2D eigenvalue weighted by molar-refractivity contribution is 6.05. The van der Waals surface area contributed by atoms with E-state index in [-0.39, 0.29) is 0 Å². The minimum Gasteiger partial charge on any atom is -0.496 e. The zero-order valence-corrected chi connectivity index (χ0v) is 15.3.